The highest BCUT2D eigenvalue weighted by atomic mass is 16.1. The van der Waals surface area contributed by atoms with E-state index in [0.29, 0.717) is 23.8 Å². The molecular formula is C17H27N2O+. The van der Waals surface area contributed by atoms with Crippen molar-refractivity contribution in [2.75, 3.05) is 19.6 Å². The molecule has 20 heavy (non-hydrogen) atoms. The molecule has 4 rings (SSSR count). The van der Waals surface area contributed by atoms with E-state index in [1.165, 1.54) is 38.6 Å². The number of piperidine rings is 3. The average Bonchev–Trinajstić information content (AvgIpc) is 2.53. The normalized spacial score (nSPS) is 37.4. The number of carbonyl (C=O) groups excluding carboxylic acids is 1. The summed E-state index contributed by atoms with van der Waals surface area (Å²) in [6, 6.07) is 0.603. The van der Waals surface area contributed by atoms with Gasteiger partial charge in [0.25, 0.3) is 0 Å². The number of carbonyl (C=O) groups is 1. The zero-order chi connectivity index (χ0) is 13.9. The third-order valence-electron chi connectivity index (χ3n) is 5.76. The van der Waals surface area contributed by atoms with Crippen LogP contribution in [0, 0.1) is 30.1 Å². The zero-order valence-corrected chi connectivity index (χ0v) is 12.4. The highest BCUT2D eigenvalue weighted by molar-refractivity contribution is 5.78. The van der Waals surface area contributed by atoms with Crippen LogP contribution in [0.15, 0.2) is 0 Å². The van der Waals surface area contributed by atoms with E-state index in [1.807, 2.05) is 0 Å². The molecule has 0 aromatic heterocycles. The largest absolute Gasteiger partial charge is 0.350 e. The molecule has 0 aromatic rings. The third kappa shape index (κ3) is 2.86. The van der Waals surface area contributed by atoms with E-state index in [4.69, 9.17) is 6.42 Å². The number of quaternary nitrogens is 1. The van der Waals surface area contributed by atoms with Gasteiger partial charge in [0.1, 0.15) is 6.04 Å². The Labute approximate surface area is 122 Å². The fourth-order valence-electron chi connectivity index (χ4n) is 4.46. The van der Waals surface area contributed by atoms with Crippen molar-refractivity contribution in [3.8, 4) is 12.3 Å². The lowest BCUT2D eigenvalue weighted by molar-refractivity contribution is -0.943. The maximum absolute atomic E-state index is 12.2. The van der Waals surface area contributed by atoms with Gasteiger partial charge in [-0.2, -0.15) is 0 Å². The smallest absolute Gasteiger partial charge is 0.223 e. The van der Waals surface area contributed by atoms with E-state index in [-0.39, 0.29) is 5.92 Å². The van der Waals surface area contributed by atoms with Crippen molar-refractivity contribution in [2.24, 2.45) is 17.8 Å². The van der Waals surface area contributed by atoms with E-state index in [2.05, 4.69) is 11.2 Å². The van der Waals surface area contributed by atoms with Crippen LogP contribution in [0.5, 0.6) is 0 Å². The Bertz CT molecular complexity index is 394. The van der Waals surface area contributed by atoms with Crippen molar-refractivity contribution in [3.63, 3.8) is 0 Å². The molecule has 1 saturated carbocycles. The van der Waals surface area contributed by atoms with Gasteiger partial charge in [-0.25, -0.2) is 0 Å². The zero-order valence-electron chi connectivity index (χ0n) is 12.4. The molecule has 2 bridgehead atoms. The van der Waals surface area contributed by atoms with Gasteiger partial charge in [-0.3, -0.25) is 4.79 Å². The molecule has 2 N–H and O–H groups in total. The second-order valence-corrected chi connectivity index (χ2v) is 6.95. The molecule has 3 heteroatoms. The van der Waals surface area contributed by atoms with E-state index in [9.17, 15) is 4.79 Å². The first kappa shape index (κ1) is 13.9. The molecule has 3 nitrogen and oxygen atoms in total. The van der Waals surface area contributed by atoms with Gasteiger partial charge in [0.15, 0.2) is 0 Å². The fraction of sp³-hybridized carbons (Fsp3) is 0.824. The Balaban J connectivity index is 1.47. The van der Waals surface area contributed by atoms with E-state index in [1.54, 1.807) is 4.90 Å². The second-order valence-electron chi connectivity index (χ2n) is 6.95. The molecule has 1 unspecified atom stereocenters. The van der Waals surface area contributed by atoms with Crippen LogP contribution in [0.2, 0.25) is 0 Å². The average molecular weight is 275 g/mol. The van der Waals surface area contributed by atoms with Crippen LogP contribution in [0.4, 0.5) is 0 Å². The van der Waals surface area contributed by atoms with E-state index in [0.717, 1.165) is 25.9 Å². The summed E-state index contributed by atoms with van der Waals surface area (Å²) < 4.78 is 0. The predicted molar refractivity (Wildman–Crippen MR) is 79.1 cm³/mol. The van der Waals surface area contributed by atoms with Crippen LogP contribution in [-0.2, 0) is 4.79 Å². The Morgan fingerprint density at radius 3 is 2.70 bits per heavy atom. The monoisotopic (exact) mass is 275 g/mol. The van der Waals surface area contributed by atoms with Crippen molar-refractivity contribution >= 4 is 5.91 Å². The number of nitrogens with one attached hydrogen (secondary N) is 2. The van der Waals surface area contributed by atoms with Gasteiger partial charge in [0, 0.05) is 18.8 Å². The molecule has 3 saturated heterocycles. The van der Waals surface area contributed by atoms with Crippen LogP contribution in [0.25, 0.3) is 0 Å². The summed E-state index contributed by atoms with van der Waals surface area (Å²) in [4.78, 5) is 13.8. The minimum absolute atomic E-state index is 0.285. The van der Waals surface area contributed by atoms with Gasteiger partial charge in [-0.05, 0) is 18.8 Å². The molecule has 1 amide bonds. The van der Waals surface area contributed by atoms with Crippen molar-refractivity contribution in [1.29, 1.82) is 0 Å². The summed E-state index contributed by atoms with van der Waals surface area (Å²) in [6.07, 6.45) is 14.0. The molecule has 4 atom stereocenters. The third-order valence-corrected chi connectivity index (χ3v) is 5.76. The van der Waals surface area contributed by atoms with Crippen molar-refractivity contribution in [3.05, 3.63) is 0 Å². The standard InChI is InChI=1S/C17H26N2O/c1-2-13-12-19-9-8-15(13)10-16(19)11-18-17(20)14-6-4-3-5-7-14/h1,13-16H,3-12H2,(H,18,20)/p+1/t13-,15+,16+/m0/s1. The van der Waals surface area contributed by atoms with Gasteiger partial charge < -0.3 is 10.2 Å². The SMILES string of the molecule is C#C[C@H]1C[NH+]2CC[C@@H]1C[C@@H]2CNC(=O)C1CCCCC1. The summed E-state index contributed by atoms with van der Waals surface area (Å²) in [6.45, 7) is 3.22. The highest BCUT2D eigenvalue weighted by Gasteiger charge is 2.42. The number of rotatable bonds is 3. The van der Waals surface area contributed by atoms with Crippen LogP contribution < -0.4 is 10.2 Å². The Morgan fingerprint density at radius 1 is 1.25 bits per heavy atom. The molecule has 3 heterocycles. The van der Waals surface area contributed by atoms with Gasteiger partial charge in [-0.1, -0.05) is 25.2 Å². The van der Waals surface area contributed by atoms with Crippen LogP contribution in [0.3, 0.4) is 0 Å². The van der Waals surface area contributed by atoms with Gasteiger partial charge in [0.05, 0.1) is 25.6 Å². The molecule has 0 spiro atoms. The summed E-state index contributed by atoms with van der Waals surface area (Å²) in [5.74, 6) is 4.73. The summed E-state index contributed by atoms with van der Waals surface area (Å²) in [5, 5.41) is 3.23. The molecule has 3 aliphatic heterocycles. The first-order chi connectivity index (χ1) is 9.78. The number of terminal acetylenes is 1. The van der Waals surface area contributed by atoms with E-state index >= 15 is 0 Å². The Kier molecular flexibility index (Phi) is 4.31. The number of fused-ring (bicyclic) bond motifs is 3. The Hall–Kier alpha value is -1.01. The lowest BCUT2D eigenvalue weighted by atomic mass is 9.76. The predicted octanol–water partition coefficient (Wildman–Crippen LogP) is 0.609. The number of amides is 1. The molecule has 0 radical (unpaired) electrons. The molecule has 110 valence electrons. The quantitative estimate of drug-likeness (QED) is 0.727. The van der Waals surface area contributed by atoms with Crippen LogP contribution in [0.1, 0.15) is 44.9 Å². The van der Waals surface area contributed by atoms with Gasteiger partial charge >= 0.3 is 0 Å². The van der Waals surface area contributed by atoms with E-state index < -0.39 is 0 Å². The van der Waals surface area contributed by atoms with Gasteiger partial charge in [0.2, 0.25) is 5.91 Å². The van der Waals surface area contributed by atoms with Gasteiger partial charge in [-0.15, -0.1) is 6.42 Å². The van der Waals surface area contributed by atoms with Crippen molar-refractivity contribution in [1.82, 2.24) is 5.32 Å². The lowest BCUT2D eigenvalue weighted by Gasteiger charge is -2.45. The highest BCUT2D eigenvalue weighted by Crippen LogP contribution is 2.26. The minimum Gasteiger partial charge on any atom is -0.350 e. The molecule has 4 fully saturated rings. The summed E-state index contributed by atoms with van der Waals surface area (Å²) in [7, 11) is 0. The fourth-order valence-corrected chi connectivity index (χ4v) is 4.46. The Morgan fingerprint density at radius 2 is 2.05 bits per heavy atom. The summed E-state index contributed by atoms with van der Waals surface area (Å²) >= 11 is 0. The molecular weight excluding hydrogens is 248 g/mol. The molecule has 0 aromatic carbocycles. The first-order valence-corrected chi connectivity index (χ1v) is 8.36. The number of hydrogen-bond donors (Lipinski definition) is 2. The second kappa shape index (κ2) is 6.18. The van der Waals surface area contributed by atoms with Crippen LogP contribution in [-0.4, -0.2) is 31.6 Å². The number of hydrogen-bond acceptors (Lipinski definition) is 1. The topological polar surface area (TPSA) is 33.5 Å². The minimum atomic E-state index is 0.285. The molecule has 1 aliphatic carbocycles. The maximum atomic E-state index is 12.2. The summed E-state index contributed by atoms with van der Waals surface area (Å²) in [5.41, 5.74) is 0. The first-order valence-electron chi connectivity index (χ1n) is 8.36. The lowest BCUT2D eigenvalue weighted by Crippen LogP contribution is -3.20. The van der Waals surface area contributed by atoms with Crippen LogP contribution >= 0.6 is 0 Å². The maximum Gasteiger partial charge on any atom is 0.223 e. The molecule has 4 aliphatic rings. The van der Waals surface area contributed by atoms with Crippen molar-refractivity contribution < 1.29 is 9.69 Å². The van der Waals surface area contributed by atoms with Crippen molar-refractivity contribution in [2.45, 2.75) is 51.0 Å².